The first-order valence-corrected chi connectivity index (χ1v) is 14.2. The van der Waals surface area contributed by atoms with Gasteiger partial charge in [-0.1, -0.05) is 17.7 Å². The zero-order chi connectivity index (χ0) is 29.4. The molecule has 3 heterocycles. The van der Waals surface area contributed by atoms with E-state index in [4.69, 9.17) is 0 Å². The monoisotopic (exact) mass is 590 g/mol. The van der Waals surface area contributed by atoms with Gasteiger partial charge >= 0.3 is 6.18 Å². The number of rotatable bonds is 7. The smallest absolute Gasteiger partial charge is 0.376 e. The van der Waals surface area contributed by atoms with Gasteiger partial charge in [-0.05, 0) is 56.2 Å². The number of carbonyl (C=O) groups excluding carboxylic acids is 1. The lowest BCUT2D eigenvalue weighted by Crippen LogP contribution is -2.47. The Bertz CT molecular complexity index is 1690. The first-order chi connectivity index (χ1) is 19.4. The van der Waals surface area contributed by atoms with Crippen LogP contribution in [0.15, 0.2) is 66.0 Å². The van der Waals surface area contributed by atoms with Crippen LogP contribution in [0.3, 0.4) is 0 Å². The average molecular weight is 591 g/mol. The Hall–Kier alpha value is -4.20. The summed E-state index contributed by atoms with van der Waals surface area (Å²) in [4.78, 5) is 23.0. The second-order valence-electron chi connectivity index (χ2n) is 9.79. The van der Waals surface area contributed by atoms with Crippen molar-refractivity contribution in [2.45, 2.75) is 36.9 Å². The van der Waals surface area contributed by atoms with Crippen molar-refractivity contribution < 1.29 is 30.8 Å². The lowest BCUT2D eigenvalue weighted by molar-refractivity contribution is -0.137. The molecule has 0 aliphatic carbocycles. The number of aromatic nitrogens is 3. The third kappa shape index (κ3) is 6.11. The summed E-state index contributed by atoms with van der Waals surface area (Å²) in [7, 11) is -3.90. The van der Waals surface area contributed by atoms with Crippen LogP contribution in [-0.4, -0.2) is 58.8 Å². The predicted octanol–water partition coefficient (Wildman–Crippen LogP) is 4.65. The SMILES string of the molecule is Cc1ccc(S(=O)(=O)n2ccc3c(N[C@H]4CCCN(C(=O)CNc5cc(F)cc(C(F)(F)F)c5)C4)ncnc32)cc1. The van der Waals surface area contributed by atoms with Gasteiger partial charge in [-0.25, -0.2) is 26.7 Å². The molecule has 9 nitrogen and oxygen atoms in total. The Labute approximate surface area is 233 Å². The summed E-state index contributed by atoms with van der Waals surface area (Å²) in [5.41, 5.74) is -0.169. The van der Waals surface area contributed by atoms with Crippen LogP contribution >= 0.6 is 0 Å². The highest BCUT2D eigenvalue weighted by atomic mass is 32.2. The summed E-state index contributed by atoms with van der Waals surface area (Å²) in [6.07, 6.45) is -0.691. The summed E-state index contributed by atoms with van der Waals surface area (Å²) < 4.78 is 80.2. The summed E-state index contributed by atoms with van der Waals surface area (Å²) in [6.45, 7) is 2.27. The van der Waals surface area contributed by atoms with Crippen molar-refractivity contribution in [3.8, 4) is 0 Å². The number of fused-ring (bicyclic) bond motifs is 1. The van der Waals surface area contributed by atoms with Gasteiger partial charge in [0.2, 0.25) is 5.91 Å². The molecule has 0 bridgehead atoms. The third-order valence-corrected chi connectivity index (χ3v) is 8.49. The highest BCUT2D eigenvalue weighted by Crippen LogP contribution is 2.32. The molecule has 5 rings (SSSR count). The van der Waals surface area contributed by atoms with E-state index in [1.54, 1.807) is 23.1 Å². The normalized spacial score (nSPS) is 16.1. The first kappa shape index (κ1) is 28.3. The van der Waals surface area contributed by atoms with E-state index < -0.39 is 27.6 Å². The number of hydrogen-bond acceptors (Lipinski definition) is 7. The average Bonchev–Trinajstić information content (AvgIpc) is 3.38. The molecule has 0 unspecified atom stereocenters. The Morgan fingerprint density at radius 1 is 1.10 bits per heavy atom. The lowest BCUT2D eigenvalue weighted by Gasteiger charge is -2.33. The number of nitrogens with one attached hydrogen (secondary N) is 2. The molecule has 0 radical (unpaired) electrons. The van der Waals surface area contributed by atoms with E-state index in [-0.39, 0.29) is 41.3 Å². The molecule has 2 aromatic heterocycles. The summed E-state index contributed by atoms with van der Waals surface area (Å²) in [6, 6.07) is 9.91. The second kappa shape index (κ2) is 11.0. The molecule has 2 aromatic carbocycles. The fraction of sp³-hybridized carbons (Fsp3) is 0.296. The van der Waals surface area contributed by atoms with Crippen LogP contribution in [0.4, 0.5) is 29.1 Å². The highest BCUT2D eigenvalue weighted by molar-refractivity contribution is 7.90. The number of alkyl halides is 3. The van der Waals surface area contributed by atoms with E-state index in [2.05, 4.69) is 20.6 Å². The molecule has 14 heteroatoms. The summed E-state index contributed by atoms with van der Waals surface area (Å²) in [5.74, 6) is -1.02. The van der Waals surface area contributed by atoms with E-state index in [1.165, 1.54) is 24.7 Å². The number of carbonyl (C=O) groups is 1. The maximum absolute atomic E-state index is 13.7. The largest absolute Gasteiger partial charge is 0.416 e. The van der Waals surface area contributed by atoms with Crippen molar-refractivity contribution in [2.75, 3.05) is 30.3 Å². The lowest BCUT2D eigenvalue weighted by atomic mass is 10.1. The Balaban J connectivity index is 1.27. The zero-order valence-corrected chi connectivity index (χ0v) is 22.6. The van der Waals surface area contributed by atoms with E-state index >= 15 is 0 Å². The number of aryl methyl sites for hydroxylation is 1. The number of likely N-dealkylation sites (tertiary alicyclic amines) is 1. The molecule has 1 amide bonds. The Morgan fingerprint density at radius 3 is 2.59 bits per heavy atom. The van der Waals surface area contributed by atoms with Gasteiger partial charge in [0.15, 0.2) is 5.65 Å². The van der Waals surface area contributed by atoms with Crippen molar-refractivity contribution in [1.29, 1.82) is 0 Å². The maximum atomic E-state index is 13.7. The summed E-state index contributed by atoms with van der Waals surface area (Å²) in [5, 5.41) is 6.35. The number of benzene rings is 2. The van der Waals surface area contributed by atoms with Crippen molar-refractivity contribution >= 4 is 38.5 Å². The number of amides is 1. The van der Waals surface area contributed by atoms with Crippen molar-refractivity contribution in [2.24, 2.45) is 0 Å². The molecule has 1 aliphatic rings. The minimum atomic E-state index is -4.72. The molecule has 1 atom stereocenters. The minimum Gasteiger partial charge on any atom is -0.376 e. The molecule has 4 aromatic rings. The summed E-state index contributed by atoms with van der Waals surface area (Å²) >= 11 is 0. The van der Waals surface area contributed by atoms with Gasteiger partial charge in [0.05, 0.1) is 22.4 Å². The van der Waals surface area contributed by atoms with Crippen molar-refractivity contribution in [3.63, 3.8) is 0 Å². The van der Waals surface area contributed by atoms with Gasteiger partial charge in [-0.2, -0.15) is 13.2 Å². The second-order valence-corrected chi connectivity index (χ2v) is 11.6. The number of nitrogens with zero attached hydrogens (tertiary/aromatic N) is 4. The topological polar surface area (TPSA) is 109 Å². The Kier molecular flexibility index (Phi) is 7.60. The van der Waals surface area contributed by atoms with Gasteiger partial charge < -0.3 is 15.5 Å². The van der Waals surface area contributed by atoms with E-state index in [0.717, 1.165) is 21.7 Å². The van der Waals surface area contributed by atoms with E-state index in [1.807, 2.05) is 6.92 Å². The van der Waals surface area contributed by atoms with Gasteiger partial charge in [-0.15, -0.1) is 0 Å². The van der Waals surface area contributed by atoms with Crippen molar-refractivity contribution in [3.05, 3.63) is 78.0 Å². The van der Waals surface area contributed by atoms with Gasteiger partial charge in [0.1, 0.15) is 18.0 Å². The zero-order valence-electron chi connectivity index (χ0n) is 21.8. The molecule has 1 saturated heterocycles. The quantitative estimate of drug-likeness (QED) is 0.302. The van der Waals surface area contributed by atoms with Crippen LogP contribution in [0, 0.1) is 12.7 Å². The van der Waals surface area contributed by atoms with E-state index in [0.29, 0.717) is 36.7 Å². The number of halogens is 4. The van der Waals surface area contributed by atoms with Crippen molar-refractivity contribution in [1.82, 2.24) is 18.8 Å². The molecular weight excluding hydrogens is 564 g/mol. The standard InChI is InChI=1S/C27H26F4N6O3S/c1-17-4-6-22(7-5-17)41(39,40)37-10-8-23-25(33-16-34-26(23)37)35-20-3-2-9-36(15-20)24(38)14-32-21-12-18(27(29,30)31)11-19(28)13-21/h4-8,10-13,16,20,32H,2-3,9,14-15H2,1H3,(H,33,34,35)/t20-/m0/s1. The fourth-order valence-corrected chi connectivity index (χ4v) is 6.02. The third-order valence-electron chi connectivity index (χ3n) is 6.81. The van der Waals surface area contributed by atoms with Gasteiger partial charge in [-0.3, -0.25) is 4.79 Å². The van der Waals surface area contributed by atoms with Crippen LogP contribution < -0.4 is 10.6 Å². The highest BCUT2D eigenvalue weighted by Gasteiger charge is 2.32. The molecular formula is C27H26F4N6O3S. The predicted molar refractivity (Wildman–Crippen MR) is 144 cm³/mol. The van der Waals surface area contributed by atoms with Gasteiger partial charge in [0, 0.05) is 31.0 Å². The molecule has 1 aliphatic heterocycles. The maximum Gasteiger partial charge on any atom is 0.416 e. The van der Waals surface area contributed by atoms with Crippen LogP contribution in [0.1, 0.15) is 24.0 Å². The minimum absolute atomic E-state index is 0.122. The first-order valence-electron chi connectivity index (χ1n) is 12.7. The molecule has 1 fully saturated rings. The van der Waals surface area contributed by atoms with E-state index in [9.17, 15) is 30.8 Å². The molecule has 2 N–H and O–H groups in total. The molecule has 0 saturated carbocycles. The molecule has 0 spiro atoms. The number of anilines is 2. The number of piperidine rings is 1. The fourth-order valence-electron chi connectivity index (χ4n) is 4.72. The Morgan fingerprint density at radius 2 is 1.85 bits per heavy atom. The number of hydrogen-bond donors (Lipinski definition) is 2. The van der Waals surface area contributed by atoms with Crippen LogP contribution in [0.5, 0.6) is 0 Å². The molecule has 41 heavy (non-hydrogen) atoms. The van der Waals surface area contributed by atoms with Crippen LogP contribution in [0.25, 0.3) is 11.0 Å². The van der Waals surface area contributed by atoms with Crippen LogP contribution in [-0.2, 0) is 21.0 Å². The van der Waals surface area contributed by atoms with Gasteiger partial charge in [0.25, 0.3) is 10.0 Å². The molecule has 216 valence electrons. The van der Waals surface area contributed by atoms with Crippen LogP contribution in [0.2, 0.25) is 0 Å².